The average molecular weight is 260 g/mol. The summed E-state index contributed by atoms with van der Waals surface area (Å²) in [7, 11) is 0. The highest BCUT2D eigenvalue weighted by Crippen LogP contribution is 2.11. The van der Waals surface area contributed by atoms with Crippen LogP contribution in [0.5, 0.6) is 0 Å². The SMILES string of the molecule is O=C(O)C(=CCCCCCCCO)CC(O)CO. The van der Waals surface area contributed by atoms with Crippen molar-refractivity contribution in [1.82, 2.24) is 0 Å². The van der Waals surface area contributed by atoms with Crippen molar-refractivity contribution in [2.45, 2.75) is 51.0 Å². The Bertz CT molecular complexity index is 250. The van der Waals surface area contributed by atoms with Crippen molar-refractivity contribution in [3.05, 3.63) is 11.6 Å². The molecule has 0 heterocycles. The summed E-state index contributed by atoms with van der Waals surface area (Å²) >= 11 is 0. The number of carboxylic acids is 1. The van der Waals surface area contributed by atoms with Crippen LogP contribution in [-0.2, 0) is 4.79 Å². The first kappa shape index (κ1) is 17.1. The Morgan fingerprint density at radius 2 is 1.67 bits per heavy atom. The van der Waals surface area contributed by atoms with E-state index in [1.165, 1.54) is 0 Å². The number of allylic oxidation sites excluding steroid dienone is 1. The van der Waals surface area contributed by atoms with Crippen LogP contribution in [0.15, 0.2) is 11.6 Å². The molecule has 0 amide bonds. The second-order valence-electron chi connectivity index (χ2n) is 4.36. The van der Waals surface area contributed by atoms with E-state index >= 15 is 0 Å². The second kappa shape index (κ2) is 11.2. The Morgan fingerprint density at radius 3 is 2.22 bits per heavy atom. The van der Waals surface area contributed by atoms with Crippen LogP contribution in [0, 0.1) is 0 Å². The van der Waals surface area contributed by atoms with E-state index in [2.05, 4.69) is 0 Å². The molecule has 1 atom stereocenters. The van der Waals surface area contributed by atoms with Crippen LogP contribution in [0.25, 0.3) is 0 Å². The molecule has 0 aromatic carbocycles. The van der Waals surface area contributed by atoms with Gasteiger partial charge in [-0.3, -0.25) is 0 Å². The Kier molecular flexibility index (Phi) is 10.6. The standard InChI is InChI=1S/C13H24O5/c14-8-6-4-2-1-3-5-7-11(13(17)18)9-12(16)10-15/h7,12,14-16H,1-6,8-10H2,(H,17,18). The minimum atomic E-state index is -1.04. The van der Waals surface area contributed by atoms with Crippen LogP contribution >= 0.6 is 0 Å². The fourth-order valence-corrected chi connectivity index (χ4v) is 1.64. The quantitative estimate of drug-likeness (QED) is 0.329. The molecular formula is C13H24O5. The summed E-state index contributed by atoms with van der Waals surface area (Å²) in [5.74, 6) is -1.04. The average Bonchev–Trinajstić information content (AvgIpc) is 2.35. The van der Waals surface area contributed by atoms with E-state index in [1.54, 1.807) is 6.08 Å². The summed E-state index contributed by atoms with van der Waals surface area (Å²) in [5, 5.41) is 35.4. The molecular weight excluding hydrogens is 236 g/mol. The van der Waals surface area contributed by atoms with E-state index in [0.717, 1.165) is 32.1 Å². The zero-order valence-corrected chi connectivity index (χ0v) is 10.7. The minimum Gasteiger partial charge on any atom is -0.478 e. The van der Waals surface area contributed by atoms with Gasteiger partial charge >= 0.3 is 5.97 Å². The van der Waals surface area contributed by atoms with Crippen LogP contribution in [-0.4, -0.2) is 45.7 Å². The third-order valence-corrected chi connectivity index (χ3v) is 2.69. The maximum Gasteiger partial charge on any atom is 0.331 e. The van der Waals surface area contributed by atoms with Crippen molar-refractivity contribution in [2.24, 2.45) is 0 Å². The highest BCUT2D eigenvalue weighted by atomic mass is 16.4. The van der Waals surface area contributed by atoms with Crippen LogP contribution < -0.4 is 0 Å². The molecule has 0 aromatic rings. The molecule has 0 saturated heterocycles. The number of rotatable bonds is 11. The van der Waals surface area contributed by atoms with Gasteiger partial charge in [0.25, 0.3) is 0 Å². The molecule has 0 spiro atoms. The van der Waals surface area contributed by atoms with Crippen molar-refractivity contribution in [3.63, 3.8) is 0 Å². The number of unbranched alkanes of at least 4 members (excludes halogenated alkanes) is 5. The summed E-state index contributed by atoms with van der Waals surface area (Å²) in [5.41, 5.74) is 0.159. The van der Waals surface area contributed by atoms with Crippen molar-refractivity contribution in [3.8, 4) is 0 Å². The fraction of sp³-hybridized carbons (Fsp3) is 0.769. The van der Waals surface area contributed by atoms with E-state index in [1.807, 2.05) is 0 Å². The predicted octanol–water partition coefficient (Wildman–Crippen LogP) is 1.07. The number of carbonyl (C=O) groups is 1. The van der Waals surface area contributed by atoms with Crippen molar-refractivity contribution in [1.29, 1.82) is 0 Å². The molecule has 5 heteroatoms. The first-order valence-electron chi connectivity index (χ1n) is 6.44. The highest BCUT2D eigenvalue weighted by molar-refractivity contribution is 5.86. The summed E-state index contributed by atoms with van der Waals surface area (Å²) in [6, 6.07) is 0. The minimum absolute atomic E-state index is 0.0175. The Morgan fingerprint density at radius 1 is 1.06 bits per heavy atom. The maximum atomic E-state index is 10.9. The van der Waals surface area contributed by atoms with Crippen LogP contribution in [0.1, 0.15) is 44.9 Å². The molecule has 0 bridgehead atoms. The molecule has 0 saturated carbocycles. The largest absolute Gasteiger partial charge is 0.478 e. The van der Waals surface area contributed by atoms with Crippen LogP contribution in [0.4, 0.5) is 0 Å². The van der Waals surface area contributed by atoms with E-state index in [9.17, 15) is 9.90 Å². The van der Waals surface area contributed by atoms with Gasteiger partial charge in [-0.25, -0.2) is 4.79 Å². The van der Waals surface area contributed by atoms with Crippen LogP contribution in [0.3, 0.4) is 0 Å². The van der Waals surface area contributed by atoms with Gasteiger partial charge in [-0.1, -0.05) is 25.3 Å². The van der Waals surface area contributed by atoms with Gasteiger partial charge in [0, 0.05) is 18.6 Å². The number of carboxylic acid groups (broad SMARTS) is 1. The van der Waals surface area contributed by atoms with E-state index < -0.39 is 18.7 Å². The Labute approximate surface area is 108 Å². The lowest BCUT2D eigenvalue weighted by Crippen LogP contribution is -2.16. The van der Waals surface area contributed by atoms with Crippen molar-refractivity contribution >= 4 is 5.97 Å². The Balaban J connectivity index is 3.84. The Hall–Kier alpha value is -0.910. The molecule has 106 valence electrons. The second-order valence-corrected chi connectivity index (χ2v) is 4.36. The first-order chi connectivity index (χ1) is 8.61. The lowest BCUT2D eigenvalue weighted by molar-refractivity contribution is -0.133. The summed E-state index contributed by atoms with van der Waals surface area (Å²) in [4.78, 5) is 10.9. The number of aliphatic hydroxyl groups is 3. The molecule has 0 aliphatic rings. The van der Waals surface area contributed by atoms with Gasteiger partial charge < -0.3 is 20.4 Å². The molecule has 0 fully saturated rings. The normalized spacial score (nSPS) is 13.6. The predicted molar refractivity (Wildman–Crippen MR) is 68.2 cm³/mol. The first-order valence-corrected chi connectivity index (χ1v) is 6.44. The lowest BCUT2D eigenvalue weighted by Gasteiger charge is -2.07. The van der Waals surface area contributed by atoms with Gasteiger partial charge in [-0.15, -0.1) is 0 Å². The molecule has 0 aliphatic carbocycles. The topological polar surface area (TPSA) is 98.0 Å². The van der Waals surface area contributed by atoms with Crippen LogP contribution in [0.2, 0.25) is 0 Å². The summed E-state index contributed by atoms with van der Waals surface area (Å²) < 4.78 is 0. The highest BCUT2D eigenvalue weighted by Gasteiger charge is 2.12. The van der Waals surface area contributed by atoms with Gasteiger partial charge in [-0.05, 0) is 19.3 Å². The number of aliphatic carboxylic acids is 1. The zero-order valence-electron chi connectivity index (χ0n) is 10.7. The number of hydrogen-bond donors (Lipinski definition) is 4. The van der Waals surface area contributed by atoms with E-state index in [0.29, 0.717) is 6.42 Å². The van der Waals surface area contributed by atoms with Gasteiger partial charge in [0.1, 0.15) is 0 Å². The molecule has 5 nitrogen and oxygen atoms in total. The van der Waals surface area contributed by atoms with Gasteiger partial charge in [0.15, 0.2) is 0 Å². The van der Waals surface area contributed by atoms with Crippen molar-refractivity contribution < 1.29 is 25.2 Å². The fourth-order valence-electron chi connectivity index (χ4n) is 1.64. The zero-order chi connectivity index (χ0) is 13.8. The maximum absolute atomic E-state index is 10.9. The molecule has 0 radical (unpaired) electrons. The lowest BCUT2D eigenvalue weighted by atomic mass is 10.0. The number of hydrogen-bond acceptors (Lipinski definition) is 4. The molecule has 0 aliphatic heterocycles. The smallest absolute Gasteiger partial charge is 0.331 e. The third kappa shape index (κ3) is 9.15. The van der Waals surface area contributed by atoms with E-state index in [4.69, 9.17) is 15.3 Å². The summed E-state index contributed by atoms with van der Waals surface area (Å²) in [6.45, 7) is -0.201. The van der Waals surface area contributed by atoms with E-state index in [-0.39, 0.29) is 18.6 Å². The number of aliphatic hydroxyl groups excluding tert-OH is 3. The third-order valence-electron chi connectivity index (χ3n) is 2.69. The monoisotopic (exact) mass is 260 g/mol. The van der Waals surface area contributed by atoms with Gasteiger partial charge in [0.2, 0.25) is 0 Å². The van der Waals surface area contributed by atoms with Crippen molar-refractivity contribution in [2.75, 3.05) is 13.2 Å². The molecule has 18 heavy (non-hydrogen) atoms. The summed E-state index contributed by atoms with van der Waals surface area (Å²) in [6.07, 6.45) is 6.02. The van der Waals surface area contributed by atoms with Gasteiger partial charge in [0.05, 0.1) is 12.7 Å². The molecule has 1 unspecified atom stereocenters. The molecule has 0 aromatic heterocycles. The molecule has 0 rings (SSSR count). The van der Waals surface area contributed by atoms with Gasteiger partial charge in [-0.2, -0.15) is 0 Å². The molecule has 4 N–H and O–H groups in total.